The normalized spacial score (nSPS) is 11.6. The van der Waals surface area contributed by atoms with E-state index < -0.39 is 0 Å². The lowest BCUT2D eigenvalue weighted by atomic mass is 10.2. The van der Waals surface area contributed by atoms with E-state index in [-0.39, 0.29) is 0 Å². The summed E-state index contributed by atoms with van der Waals surface area (Å²) in [6.45, 7) is 14.6. The zero-order chi connectivity index (χ0) is 12.7. The average Bonchev–Trinajstić information content (AvgIpc) is 2.68. The number of hydrogen-bond acceptors (Lipinski definition) is 3. The lowest BCUT2D eigenvalue weighted by Crippen LogP contribution is -2.34. The zero-order valence-electron chi connectivity index (χ0n) is 11.6. The van der Waals surface area contributed by atoms with Gasteiger partial charge in [-0.1, -0.05) is 20.8 Å². The fourth-order valence-electron chi connectivity index (χ4n) is 1.92. The van der Waals surface area contributed by atoms with Crippen LogP contribution >= 0.6 is 11.3 Å². The maximum Gasteiger partial charge on any atom is 0.0302 e. The Hall–Kier alpha value is -0.380. The molecule has 0 aliphatic carbocycles. The molecule has 0 bridgehead atoms. The van der Waals surface area contributed by atoms with E-state index >= 15 is 0 Å². The van der Waals surface area contributed by atoms with Gasteiger partial charge in [-0.25, -0.2) is 0 Å². The second kappa shape index (κ2) is 7.85. The first kappa shape index (κ1) is 14.7. The van der Waals surface area contributed by atoms with Crippen LogP contribution in [-0.4, -0.2) is 31.1 Å². The molecule has 3 heteroatoms. The van der Waals surface area contributed by atoms with Crippen molar-refractivity contribution in [1.29, 1.82) is 0 Å². The van der Waals surface area contributed by atoms with E-state index in [4.69, 9.17) is 0 Å². The molecule has 0 radical (unpaired) electrons. The van der Waals surface area contributed by atoms with Gasteiger partial charge in [-0.05, 0) is 36.4 Å². The minimum absolute atomic E-state index is 0.759. The summed E-state index contributed by atoms with van der Waals surface area (Å²) in [5.41, 5.74) is 1.41. The Labute approximate surface area is 110 Å². The quantitative estimate of drug-likeness (QED) is 0.717. The highest BCUT2D eigenvalue weighted by Gasteiger charge is 2.04. The van der Waals surface area contributed by atoms with Crippen molar-refractivity contribution in [3.05, 3.63) is 21.9 Å². The van der Waals surface area contributed by atoms with Crippen molar-refractivity contribution >= 4 is 11.3 Å². The highest BCUT2D eigenvalue weighted by Crippen LogP contribution is 2.14. The molecule has 0 aliphatic rings. The Kier molecular flexibility index (Phi) is 6.78. The van der Waals surface area contributed by atoms with Crippen LogP contribution in [0, 0.1) is 12.8 Å². The molecule has 0 amide bonds. The Morgan fingerprint density at radius 1 is 1.41 bits per heavy atom. The fourth-order valence-corrected chi connectivity index (χ4v) is 2.79. The summed E-state index contributed by atoms with van der Waals surface area (Å²) >= 11 is 1.85. The summed E-state index contributed by atoms with van der Waals surface area (Å²) in [4.78, 5) is 3.98. The minimum Gasteiger partial charge on any atom is -0.311 e. The van der Waals surface area contributed by atoms with Gasteiger partial charge in [0.1, 0.15) is 0 Å². The van der Waals surface area contributed by atoms with Crippen LogP contribution in [0.2, 0.25) is 0 Å². The average molecular weight is 254 g/mol. The Bertz CT molecular complexity index is 307. The molecule has 1 aromatic rings. The van der Waals surface area contributed by atoms with Crippen LogP contribution < -0.4 is 5.32 Å². The molecule has 1 N–H and O–H groups in total. The third kappa shape index (κ3) is 5.66. The first-order valence-corrected chi connectivity index (χ1v) is 7.47. The van der Waals surface area contributed by atoms with Crippen molar-refractivity contribution in [2.45, 2.75) is 34.2 Å². The van der Waals surface area contributed by atoms with Crippen molar-refractivity contribution in [1.82, 2.24) is 10.2 Å². The Balaban J connectivity index is 2.16. The SMILES string of the molecule is CCN(CCNCc1sccc1C)CC(C)C. The number of aryl methyl sites for hydroxylation is 1. The van der Waals surface area contributed by atoms with Gasteiger partial charge in [0, 0.05) is 31.1 Å². The summed E-state index contributed by atoms with van der Waals surface area (Å²) in [5, 5.41) is 5.71. The molecule has 0 unspecified atom stereocenters. The molecule has 17 heavy (non-hydrogen) atoms. The molecular formula is C14H26N2S. The number of thiophene rings is 1. The van der Waals surface area contributed by atoms with Gasteiger partial charge in [0.05, 0.1) is 0 Å². The molecule has 0 spiro atoms. The molecule has 1 heterocycles. The van der Waals surface area contributed by atoms with Gasteiger partial charge < -0.3 is 10.2 Å². The maximum absolute atomic E-state index is 3.54. The van der Waals surface area contributed by atoms with E-state index in [1.54, 1.807) is 0 Å². The monoisotopic (exact) mass is 254 g/mol. The summed E-state index contributed by atoms with van der Waals surface area (Å²) in [5.74, 6) is 0.759. The number of hydrogen-bond donors (Lipinski definition) is 1. The number of likely N-dealkylation sites (N-methyl/N-ethyl adjacent to an activating group) is 1. The van der Waals surface area contributed by atoms with Gasteiger partial charge in [-0.3, -0.25) is 0 Å². The van der Waals surface area contributed by atoms with Gasteiger partial charge in [-0.2, -0.15) is 0 Å². The van der Waals surface area contributed by atoms with Gasteiger partial charge in [0.25, 0.3) is 0 Å². The molecule has 1 aromatic heterocycles. The van der Waals surface area contributed by atoms with Gasteiger partial charge in [-0.15, -0.1) is 11.3 Å². The molecule has 0 aliphatic heterocycles. The topological polar surface area (TPSA) is 15.3 Å². The largest absolute Gasteiger partial charge is 0.311 e. The molecular weight excluding hydrogens is 228 g/mol. The number of rotatable bonds is 8. The van der Waals surface area contributed by atoms with Gasteiger partial charge in [0.2, 0.25) is 0 Å². The predicted molar refractivity (Wildman–Crippen MR) is 77.7 cm³/mol. The van der Waals surface area contributed by atoms with Crippen molar-refractivity contribution in [2.24, 2.45) is 5.92 Å². The van der Waals surface area contributed by atoms with Crippen LogP contribution in [0.15, 0.2) is 11.4 Å². The van der Waals surface area contributed by atoms with Gasteiger partial charge >= 0.3 is 0 Å². The van der Waals surface area contributed by atoms with E-state index in [2.05, 4.69) is 49.4 Å². The van der Waals surface area contributed by atoms with Crippen LogP contribution in [0.5, 0.6) is 0 Å². The molecule has 0 saturated heterocycles. The molecule has 98 valence electrons. The molecule has 0 fully saturated rings. The van der Waals surface area contributed by atoms with Crippen LogP contribution in [0.1, 0.15) is 31.2 Å². The van der Waals surface area contributed by atoms with E-state index in [9.17, 15) is 0 Å². The van der Waals surface area contributed by atoms with E-state index in [1.165, 1.54) is 17.0 Å². The highest BCUT2D eigenvalue weighted by atomic mass is 32.1. The van der Waals surface area contributed by atoms with Crippen molar-refractivity contribution in [3.8, 4) is 0 Å². The third-order valence-electron chi connectivity index (χ3n) is 2.93. The minimum atomic E-state index is 0.759. The van der Waals surface area contributed by atoms with E-state index in [0.29, 0.717) is 0 Å². The first-order chi connectivity index (χ1) is 8.13. The predicted octanol–water partition coefficient (Wildman–Crippen LogP) is 3.12. The smallest absolute Gasteiger partial charge is 0.0302 e. The highest BCUT2D eigenvalue weighted by molar-refractivity contribution is 7.10. The molecule has 2 nitrogen and oxygen atoms in total. The summed E-state index contributed by atoms with van der Waals surface area (Å²) in [6.07, 6.45) is 0. The van der Waals surface area contributed by atoms with Crippen molar-refractivity contribution in [3.63, 3.8) is 0 Å². The maximum atomic E-state index is 3.54. The van der Waals surface area contributed by atoms with Crippen molar-refractivity contribution in [2.75, 3.05) is 26.2 Å². The first-order valence-electron chi connectivity index (χ1n) is 6.59. The summed E-state index contributed by atoms with van der Waals surface area (Å²) in [6, 6.07) is 2.19. The van der Waals surface area contributed by atoms with E-state index in [1.807, 2.05) is 11.3 Å². The zero-order valence-corrected chi connectivity index (χ0v) is 12.4. The molecule has 0 atom stereocenters. The third-order valence-corrected chi connectivity index (χ3v) is 3.95. The standard InChI is InChI=1S/C14H26N2S/c1-5-16(11-12(2)3)8-7-15-10-14-13(4)6-9-17-14/h6,9,12,15H,5,7-8,10-11H2,1-4H3. The molecule has 0 aromatic carbocycles. The van der Waals surface area contributed by atoms with Crippen molar-refractivity contribution < 1.29 is 0 Å². The molecule has 0 saturated carbocycles. The second-order valence-electron chi connectivity index (χ2n) is 4.99. The van der Waals surface area contributed by atoms with Gasteiger partial charge in [0.15, 0.2) is 0 Å². The van der Waals surface area contributed by atoms with Crippen LogP contribution in [0.25, 0.3) is 0 Å². The van der Waals surface area contributed by atoms with Crippen LogP contribution in [-0.2, 0) is 6.54 Å². The fraction of sp³-hybridized carbons (Fsp3) is 0.714. The van der Waals surface area contributed by atoms with E-state index in [0.717, 1.165) is 32.1 Å². The Morgan fingerprint density at radius 3 is 2.71 bits per heavy atom. The summed E-state index contributed by atoms with van der Waals surface area (Å²) in [7, 11) is 0. The molecule has 1 rings (SSSR count). The van der Waals surface area contributed by atoms with Crippen LogP contribution in [0.3, 0.4) is 0 Å². The van der Waals surface area contributed by atoms with Crippen LogP contribution in [0.4, 0.5) is 0 Å². The number of nitrogens with one attached hydrogen (secondary N) is 1. The Morgan fingerprint density at radius 2 is 2.18 bits per heavy atom. The number of nitrogens with zero attached hydrogens (tertiary/aromatic N) is 1. The lowest BCUT2D eigenvalue weighted by molar-refractivity contribution is 0.256. The lowest BCUT2D eigenvalue weighted by Gasteiger charge is -2.22. The second-order valence-corrected chi connectivity index (χ2v) is 5.99. The summed E-state index contributed by atoms with van der Waals surface area (Å²) < 4.78 is 0.